The second-order valence-electron chi connectivity index (χ2n) is 8.47. The van der Waals surface area contributed by atoms with E-state index in [1.54, 1.807) is 0 Å². The average molecular weight is 327 g/mol. The molecule has 0 aliphatic rings. The molecule has 6 nitrogen and oxygen atoms in total. The van der Waals surface area contributed by atoms with E-state index in [-0.39, 0.29) is 16.6 Å². The number of aromatic nitrogens is 3. The van der Waals surface area contributed by atoms with Crippen LogP contribution in [0.5, 0.6) is 0 Å². The standard InChI is InChI=1S/C15H30N6S/c1-13(2,3)19-10-16-11(20-14(4,5)6)18-12(17-10)22-21-15(7,8)9/h21H,1-9H3,(H2,16,17,18,19,20). The van der Waals surface area contributed by atoms with Crippen LogP contribution in [0, 0.1) is 0 Å². The summed E-state index contributed by atoms with van der Waals surface area (Å²) in [6.07, 6.45) is 0. The molecule has 22 heavy (non-hydrogen) atoms. The largest absolute Gasteiger partial charge is 0.349 e. The Kier molecular flexibility index (Phi) is 5.67. The fraction of sp³-hybridized carbons (Fsp3) is 0.800. The second kappa shape index (κ2) is 6.58. The zero-order chi connectivity index (χ0) is 17.2. The van der Waals surface area contributed by atoms with Crippen LogP contribution >= 0.6 is 11.9 Å². The van der Waals surface area contributed by atoms with Gasteiger partial charge in [0.15, 0.2) is 0 Å². The van der Waals surface area contributed by atoms with Crippen molar-refractivity contribution < 1.29 is 0 Å². The summed E-state index contributed by atoms with van der Waals surface area (Å²) in [6.45, 7) is 18.8. The molecule has 0 saturated heterocycles. The summed E-state index contributed by atoms with van der Waals surface area (Å²) in [5.74, 6) is 1.15. The van der Waals surface area contributed by atoms with E-state index in [4.69, 9.17) is 0 Å². The number of nitrogens with zero attached hydrogens (tertiary/aromatic N) is 3. The Morgan fingerprint density at radius 3 is 1.36 bits per heavy atom. The maximum atomic E-state index is 4.48. The minimum Gasteiger partial charge on any atom is -0.349 e. The highest BCUT2D eigenvalue weighted by Gasteiger charge is 2.18. The lowest BCUT2D eigenvalue weighted by Crippen LogP contribution is -2.32. The Labute approximate surface area is 138 Å². The van der Waals surface area contributed by atoms with Crippen molar-refractivity contribution in [3.8, 4) is 0 Å². The number of nitrogens with one attached hydrogen (secondary N) is 3. The quantitative estimate of drug-likeness (QED) is 0.729. The molecular formula is C15H30N6S. The zero-order valence-corrected chi connectivity index (χ0v) is 16.1. The molecule has 0 radical (unpaired) electrons. The van der Waals surface area contributed by atoms with Crippen molar-refractivity contribution in [2.24, 2.45) is 0 Å². The average Bonchev–Trinajstić information content (AvgIpc) is 2.20. The van der Waals surface area contributed by atoms with Gasteiger partial charge in [0.2, 0.25) is 17.1 Å². The monoisotopic (exact) mass is 326 g/mol. The van der Waals surface area contributed by atoms with Crippen LogP contribution in [0.25, 0.3) is 0 Å². The fourth-order valence-corrected chi connectivity index (χ4v) is 2.05. The molecule has 0 fully saturated rings. The van der Waals surface area contributed by atoms with Gasteiger partial charge in [-0.3, -0.25) is 4.72 Å². The zero-order valence-electron chi connectivity index (χ0n) is 15.2. The van der Waals surface area contributed by atoms with Gasteiger partial charge in [-0.1, -0.05) is 0 Å². The van der Waals surface area contributed by atoms with Crippen LogP contribution in [0.3, 0.4) is 0 Å². The predicted octanol–water partition coefficient (Wildman–Crippen LogP) is 3.69. The molecule has 1 rings (SSSR count). The van der Waals surface area contributed by atoms with Gasteiger partial charge < -0.3 is 10.6 Å². The van der Waals surface area contributed by atoms with Crippen molar-refractivity contribution in [2.45, 2.75) is 84.1 Å². The summed E-state index contributed by atoms with van der Waals surface area (Å²) in [5, 5.41) is 7.25. The smallest absolute Gasteiger partial charge is 0.228 e. The van der Waals surface area contributed by atoms with Crippen LogP contribution in [0.15, 0.2) is 5.16 Å². The van der Waals surface area contributed by atoms with Gasteiger partial charge in [0, 0.05) is 16.6 Å². The van der Waals surface area contributed by atoms with Crippen molar-refractivity contribution in [3.63, 3.8) is 0 Å². The van der Waals surface area contributed by atoms with Crippen LogP contribution in [0.1, 0.15) is 62.3 Å². The first kappa shape index (κ1) is 19.0. The predicted molar refractivity (Wildman–Crippen MR) is 95.3 cm³/mol. The highest BCUT2D eigenvalue weighted by atomic mass is 32.2. The van der Waals surface area contributed by atoms with Crippen molar-refractivity contribution in [1.82, 2.24) is 19.7 Å². The molecule has 1 heterocycles. The molecule has 1 aromatic heterocycles. The molecule has 3 N–H and O–H groups in total. The van der Waals surface area contributed by atoms with E-state index in [1.807, 2.05) is 0 Å². The Bertz CT molecular complexity index is 462. The van der Waals surface area contributed by atoms with Gasteiger partial charge in [-0.25, -0.2) is 0 Å². The van der Waals surface area contributed by atoms with Crippen LogP contribution in [-0.2, 0) is 0 Å². The number of rotatable bonds is 4. The lowest BCUT2D eigenvalue weighted by Gasteiger charge is -2.24. The topological polar surface area (TPSA) is 74.8 Å². The molecule has 0 spiro atoms. The third-order valence-electron chi connectivity index (χ3n) is 2.04. The first-order chi connectivity index (χ1) is 9.73. The Hall–Kier alpha value is -1.08. The van der Waals surface area contributed by atoms with Crippen molar-refractivity contribution in [2.75, 3.05) is 10.6 Å². The SMILES string of the molecule is CC(C)(C)NSc1nc(NC(C)(C)C)nc(NC(C)(C)C)n1. The molecule has 7 heteroatoms. The van der Waals surface area contributed by atoms with Crippen LogP contribution < -0.4 is 15.4 Å². The van der Waals surface area contributed by atoms with Gasteiger partial charge in [0.05, 0.1) is 0 Å². The van der Waals surface area contributed by atoms with Crippen LogP contribution in [0.4, 0.5) is 11.9 Å². The minimum absolute atomic E-state index is 0.0213. The number of hydrogen-bond donors (Lipinski definition) is 3. The molecule has 0 aromatic carbocycles. The molecule has 0 bridgehead atoms. The second-order valence-corrected chi connectivity index (χ2v) is 9.24. The van der Waals surface area contributed by atoms with Gasteiger partial charge in [-0.15, -0.1) is 0 Å². The van der Waals surface area contributed by atoms with Crippen molar-refractivity contribution in [1.29, 1.82) is 0 Å². The molecule has 0 atom stereocenters. The minimum atomic E-state index is -0.111. The summed E-state index contributed by atoms with van der Waals surface area (Å²) >= 11 is 1.42. The van der Waals surface area contributed by atoms with Crippen molar-refractivity contribution >= 4 is 23.8 Å². The van der Waals surface area contributed by atoms with E-state index >= 15 is 0 Å². The van der Waals surface area contributed by atoms with Crippen LogP contribution in [0.2, 0.25) is 0 Å². The number of hydrogen-bond acceptors (Lipinski definition) is 7. The third-order valence-corrected chi connectivity index (χ3v) is 3.12. The maximum Gasteiger partial charge on any atom is 0.228 e. The van der Waals surface area contributed by atoms with Crippen molar-refractivity contribution in [3.05, 3.63) is 0 Å². The first-order valence-electron chi connectivity index (χ1n) is 7.50. The van der Waals surface area contributed by atoms with E-state index in [1.165, 1.54) is 11.9 Å². The third kappa shape index (κ3) is 8.38. The first-order valence-corrected chi connectivity index (χ1v) is 8.32. The molecular weight excluding hydrogens is 296 g/mol. The Morgan fingerprint density at radius 2 is 1.05 bits per heavy atom. The summed E-state index contributed by atoms with van der Waals surface area (Å²) in [6, 6.07) is 0. The lowest BCUT2D eigenvalue weighted by atomic mass is 10.1. The molecule has 0 amide bonds. The summed E-state index contributed by atoms with van der Waals surface area (Å²) < 4.78 is 3.33. The summed E-state index contributed by atoms with van der Waals surface area (Å²) in [4.78, 5) is 13.4. The van der Waals surface area contributed by atoms with E-state index < -0.39 is 0 Å². The van der Waals surface area contributed by atoms with Gasteiger partial charge in [-0.05, 0) is 74.3 Å². The molecule has 0 unspecified atom stereocenters. The molecule has 0 aliphatic carbocycles. The molecule has 0 saturated carbocycles. The van der Waals surface area contributed by atoms with Gasteiger partial charge in [0.1, 0.15) is 0 Å². The van der Waals surface area contributed by atoms with Gasteiger partial charge in [0.25, 0.3) is 0 Å². The van der Waals surface area contributed by atoms with E-state index in [9.17, 15) is 0 Å². The molecule has 0 aliphatic heterocycles. The van der Waals surface area contributed by atoms with E-state index in [0.717, 1.165) is 0 Å². The fourth-order valence-electron chi connectivity index (χ4n) is 1.38. The maximum absolute atomic E-state index is 4.48. The highest BCUT2D eigenvalue weighted by Crippen LogP contribution is 2.20. The summed E-state index contributed by atoms with van der Waals surface area (Å²) in [7, 11) is 0. The molecule has 1 aromatic rings. The van der Waals surface area contributed by atoms with Gasteiger partial charge >= 0.3 is 0 Å². The Morgan fingerprint density at radius 1 is 0.636 bits per heavy atom. The number of anilines is 2. The summed E-state index contributed by atoms with van der Waals surface area (Å²) in [5.41, 5.74) is -0.244. The lowest BCUT2D eigenvalue weighted by molar-refractivity contribution is 0.534. The Balaban J connectivity index is 3.04. The normalized spacial score (nSPS) is 13.1. The molecule has 126 valence electrons. The van der Waals surface area contributed by atoms with Gasteiger partial charge in [-0.2, -0.15) is 15.0 Å². The highest BCUT2D eigenvalue weighted by molar-refractivity contribution is 7.97. The van der Waals surface area contributed by atoms with E-state index in [0.29, 0.717) is 17.1 Å². The van der Waals surface area contributed by atoms with Crippen LogP contribution in [-0.4, -0.2) is 31.6 Å². The van der Waals surface area contributed by atoms with E-state index in [2.05, 4.69) is 92.6 Å².